The molecule has 27 heavy (non-hydrogen) atoms. The average Bonchev–Trinajstić information content (AvgIpc) is 2.57. The van der Waals surface area contributed by atoms with Gasteiger partial charge in [0.2, 0.25) is 0 Å². The molecular formula is C14H15N3O8S2. The average molecular weight is 417 g/mol. The van der Waals surface area contributed by atoms with Crippen LogP contribution in [0.5, 0.6) is 0 Å². The first-order chi connectivity index (χ1) is 12.5. The van der Waals surface area contributed by atoms with Gasteiger partial charge >= 0.3 is 10.1 Å². The number of nitrogens with one attached hydrogen (secondary N) is 1. The summed E-state index contributed by atoms with van der Waals surface area (Å²) in [6.45, 7) is -0.0384. The Balaban J connectivity index is 3.14. The van der Waals surface area contributed by atoms with Gasteiger partial charge in [-0.3, -0.25) is 19.2 Å². The first-order valence-corrected chi connectivity index (χ1v) is 10.2. The summed E-state index contributed by atoms with van der Waals surface area (Å²) in [5.74, 6) is 0. The van der Waals surface area contributed by atoms with Gasteiger partial charge in [-0.05, 0) is 11.6 Å². The van der Waals surface area contributed by atoms with Gasteiger partial charge < -0.3 is 11.1 Å². The maximum atomic E-state index is 12.0. The molecule has 0 aliphatic rings. The van der Waals surface area contributed by atoms with E-state index in [1.807, 2.05) is 0 Å². The molecular weight excluding hydrogens is 402 g/mol. The van der Waals surface area contributed by atoms with Gasteiger partial charge in [-0.2, -0.15) is 16.8 Å². The zero-order chi connectivity index (χ0) is 20.4. The zero-order valence-corrected chi connectivity index (χ0v) is 15.2. The van der Waals surface area contributed by atoms with Crippen LogP contribution in [0.15, 0.2) is 46.2 Å². The van der Waals surface area contributed by atoms with Gasteiger partial charge in [0.15, 0.2) is 4.90 Å². The quantitative estimate of drug-likeness (QED) is 0.288. The van der Waals surface area contributed by atoms with Gasteiger partial charge in [-0.25, -0.2) is 0 Å². The van der Waals surface area contributed by atoms with Crippen LogP contribution in [0.4, 0.5) is 11.4 Å². The van der Waals surface area contributed by atoms with Crippen LogP contribution in [0.3, 0.4) is 0 Å². The molecule has 0 fully saturated rings. The third kappa shape index (κ3) is 4.40. The number of anilines is 1. The molecule has 146 valence electrons. The third-order valence-electron chi connectivity index (χ3n) is 3.46. The van der Waals surface area contributed by atoms with E-state index in [0.29, 0.717) is 6.07 Å². The Bertz CT molecular complexity index is 1080. The summed E-state index contributed by atoms with van der Waals surface area (Å²) in [6, 6.07) is 7.55. The molecule has 0 heterocycles. The minimum Gasteiger partial charge on any atom is -0.383 e. The number of rotatable bonds is 7. The Morgan fingerprint density at radius 1 is 1.07 bits per heavy atom. The molecule has 0 radical (unpaired) electrons. The molecule has 5 N–H and O–H groups in total. The Morgan fingerprint density at radius 2 is 1.67 bits per heavy atom. The summed E-state index contributed by atoms with van der Waals surface area (Å²) in [5.41, 5.74) is 2.95. The van der Waals surface area contributed by atoms with Gasteiger partial charge in [0.1, 0.15) is 4.90 Å². The zero-order valence-electron chi connectivity index (χ0n) is 13.6. The predicted molar refractivity (Wildman–Crippen MR) is 95.7 cm³/mol. The molecule has 13 heteroatoms. The molecule has 2 aromatic rings. The molecule has 0 saturated heterocycles. The molecule has 0 unspecified atom stereocenters. The van der Waals surface area contributed by atoms with Gasteiger partial charge in [-0.15, -0.1) is 0 Å². The molecule has 2 aromatic carbocycles. The summed E-state index contributed by atoms with van der Waals surface area (Å²) in [5, 5.41) is 14.1. The van der Waals surface area contributed by atoms with Crippen molar-refractivity contribution in [2.45, 2.75) is 9.79 Å². The van der Waals surface area contributed by atoms with Crippen LogP contribution in [-0.2, 0) is 20.2 Å². The van der Waals surface area contributed by atoms with Gasteiger partial charge in [0.25, 0.3) is 15.8 Å². The lowest BCUT2D eigenvalue weighted by Crippen LogP contribution is -2.17. The van der Waals surface area contributed by atoms with Gasteiger partial charge in [-0.1, -0.05) is 30.3 Å². The fraction of sp³-hybridized carbons (Fsp3) is 0.143. The first-order valence-electron chi connectivity index (χ1n) is 7.28. The van der Waals surface area contributed by atoms with Crippen LogP contribution in [0.1, 0.15) is 0 Å². The summed E-state index contributed by atoms with van der Waals surface area (Å²) < 4.78 is 66.5. The number of nitrogens with two attached hydrogens (primary N) is 1. The molecule has 0 aliphatic heterocycles. The summed E-state index contributed by atoms with van der Waals surface area (Å²) in [7, 11) is -10.2. The van der Waals surface area contributed by atoms with E-state index in [4.69, 9.17) is 5.73 Å². The van der Waals surface area contributed by atoms with E-state index in [9.17, 15) is 36.1 Å². The highest BCUT2D eigenvalue weighted by atomic mass is 32.2. The van der Waals surface area contributed by atoms with E-state index in [1.165, 1.54) is 24.3 Å². The number of nitrogens with zero attached hydrogens (tertiary/aromatic N) is 1. The second-order valence-electron chi connectivity index (χ2n) is 5.26. The standard InChI is InChI=1S/C14H15N3O8S2/c15-6-7-16-10-8-11(26(20,21)22)13(17(18)19)12(14(10)27(23,24)25)9-4-2-1-3-5-9/h1-5,8,16H,6-7,15H2,(H,20,21,22)(H,23,24,25). The van der Waals surface area contributed by atoms with Crippen LogP contribution >= 0.6 is 0 Å². The second-order valence-corrected chi connectivity index (χ2v) is 8.01. The third-order valence-corrected chi connectivity index (χ3v) is 5.26. The first kappa shape index (κ1) is 20.7. The van der Waals surface area contributed by atoms with Crippen molar-refractivity contribution in [3.05, 3.63) is 46.5 Å². The smallest absolute Gasteiger partial charge is 0.301 e. The van der Waals surface area contributed by atoms with E-state index < -0.39 is 51.9 Å². The van der Waals surface area contributed by atoms with Gasteiger partial charge in [0, 0.05) is 13.1 Å². The molecule has 11 nitrogen and oxygen atoms in total. The molecule has 0 saturated carbocycles. The molecule has 0 aliphatic carbocycles. The number of nitro groups is 1. The maximum absolute atomic E-state index is 12.0. The second kappa shape index (κ2) is 7.58. The lowest BCUT2D eigenvalue weighted by atomic mass is 10.0. The molecule has 0 bridgehead atoms. The summed E-state index contributed by atoms with van der Waals surface area (Å²) in [6.07, 6.45) is 0. The number of benzene rings is 2. The van der Waals surface area contributed by atoms with Crippen LogP contribution in [0.25, 0.3) is 11.1 Å². The number of hydrogen-bond donors (Lipinski definition) is 4. The highest BCUT2D eigenvalue weighted by Gasteiger charge is 2.36. The molecule has 0 aromatic heterocycles. The summed E-state index contributed by atoms with van der Waals surface area (Å²) in [4.78, 5) is 8.41. The normalized spacial score (nSPS) is 12.0. The lowest BCUT2D eigenvalue weighted by molar-refractivity contribution is -0.387. The van der Waals surface area contributed by atoms with Crippen molar-refractivity contribution < 1.29 is 30.9 Å². The molecule has 0 atom stereocenters. The Morgan fingerprint density at radius 3 is 2.11 bits per heavy atom. The Hall–Kier alpha value is -2.58. The van der Waals surface area contributed by atoms with Crippen molar-refractivity contribution in [3.8, 4) is 11.1 Å². The number of nitro benzene ring substituents is 1. The van der Waals surface area contributed by atoms with Crippen molar-refractivity contribution in [2.75, 3.05) is 18.4 Å². The van der Waals surface area contributed by atoms with E-state index in [0.717, 1.165) is 0 Å². The van der Waals surface area contributed by atoms with Crippen molar-refractivity contribution in [2.24, 2.45) is 5.73 Å². The minimum atomic E-state index is -5.11. The Labute approximate surface area is 154 Å². The summed E-state index contributed by atoms with van der Waals surface area (Å²) >= 11 is 0. The number of hydrogen-bond acceptors (Lipinski definition) is 8. The predicted octanol–water partition coefficient (Wildman–Crippen LogP) is 1.13. The van der Waals surface area contributed by atoms with E-state index in [1.54, 1.807) is 6.07 Å². The largest absolute Gasteiger partial charge is 0.383 e. The fourth-order valence-corrected chi connectivity index (χ4v) is 4.06. The van der Waals surface area contributed by atoms with Crippen molar-refractivity contribution in [1.29, 1.82) is 0 Å². The lowest BCUT2D eigenvalue weighted by Gasteiger charge is -2.16. The van der Waals surface area contributed by atoms with Crippen LogP contribution in [0, 0.1) is 10.1 Å². The molecule has 2 rings (SSSR count). The SMILES string of the molecule is NCCNc1cc(S(=O)(=O)O)c([N+](=O)[O-])c(-c2ccccc2)c1S(=O)(=O)O. The maximum Gasteiger partial charge on any atom is 0.301 e. The minimum absolute atomic E-state index is 0.00375. The highest BCUT2D eigenvalue weighted by molar-refractivity contribution is 7.86. The fourth-order valence-electron chi connectivity index (χ4n) is 2.49. The van der Waals surface area contributed by atoms with Crippen LogP contribution in [0.2, 0.25) is 0 Å². The van der Waals surface area contributed by atoms with Gasteiger partial charge in [0.05, 0.1) is 16.2 Å². The monoisotopic (exact) mass is 417 g/mol. The van der Waals surface area contributed by atoms with E-state index in [-0.39, 0.29) is 18.7 Å². The van der Waals surface area contributed by atoms with Crippen molar-refractivity contribution >= 4 is 31.6 Å². The van der Waals surface area contributed by atoms with Crippen LogP contribution < -0.4 is 11.1 Å². The van der Waals surface area contributed by atoms with E-state index in [2.05, 4.69) is 5.32 Å². The highest BCUT2D eigenvalue weighted by Crippen LogP contribution is 2.44. The topological polar surface area (TPSA) is 190 Å². The van der Waals surface area contributed by atoms with Crippen LogP contribution in [-0.4, -0.2) is 44.0 Å². The van der Waals surface area contributed by atoms with E-state index >= 15 is 0 Å². The van der Waals surface area contributed by atoms with Crippen molar-refractivity contribution in [3.63, 3.8) is 0 Å². The molecule has 0 amide bonds. The Kier molecular flexibility index (Phi) is 5.82. The molecule has 0 spiro atoms. The van der Waals surface area contributed by atoms with Crippen molar-refractivity contribution in [1.82, 2.24) is 0 Å².